The van der Waals surface area contributed by atoms with Crippen molar-refractivity contribution in [3.05, 3.63) is 29.8 Å². The van der Waals surface area contributed by atoms with E-state index >= 15 is 0 Å². The van der Waals surface area contributed by atoms with Gasteiger partial charge < -0.3 is 158 Å². The molecule has 1 aromatic rings. The molecule has 0 saturated heterocycles. The van der Waals surface area contributed by atoms with Gasteiger partial charge in [-0.3, -0.25) is 91.1 Å². The zero-order valence-electron chi connectivity index (χ0n) is 86.1. The van der Waals surface area contributed by atoms with Gasteiger partial charge >= 0.3 is 0 Å². The Morgan fingerprint density at radius 3 is 0.643 bits per heavy atom. The third-order valence-electron chi connectivity index (χ3n) is 23.7. The Morgan fingerprint density at radius 1 is 0.252 bits per heavy atom. The van der Waals surface area contributed by atoms with Crippen molar-refractivity contribution in [2.75, 3.05) is 65.4 Å². The van der Waals surface area contributed by atoms with Gasteiger partial charge in [0.25, 0.3) is 0 Å². The van der Waals surface area contributed by atoms with Crippen molar-refractivity contribution in [1.82, 2.24) is 95.7 Å². The van der Waals surface area contributed by atoms with Gasteiger partial charge in [-0.15, -0.1) is 0 Å². The summed E-state index contributed by atoms with van der Waals surface area (Å²) in [6.45, 7) is 16.9. The highest BCUT2D eigenvalue weighted by Crippen LogP contribution is 2.19. The SMILES string of the molecule is CCCC[C@H](NC(=O)CN)C(=O)N[C@@H](CCCC)C(=O)N[C@@H](CCCN)C(=O)N[C@@H](CCCN)C(=O)N[C@@H](CCCC)C(=O)NC(C)(C)C(=O)N[C@@H](CCCN)C(=O)N[C@@H](CCCN)C(=O)NC(C)(C)C(=O)N[C@@H](CCCN)C(=O)N[C@@H](CCCN)C(=O)NC(C)(C)C(=O)N[C@@H](CCCC)C(=O)N[C@@H](CCCN)C(=O)N[C@@H](CCCN)C(=O)N[C@@H](CCCC)C(=O)NCC(=O)N[C@@H](Cc1ccc(O)cc1)C(N)=O. The summed E-state index contributed by atoms with van der Waals surface area (Å²) >= 11 is 0. The number of hydrogen-bond donors (Lipinski definition) is 29. The third kappa shape index (κ3) is 50.6. The van der Waals surface area contributed by atoms with E-state index in [1.165, 1.54) is 53.7 Å². The molecule has 0 heterocycles. The predicted molar refractivity (Wildman–Crippen MR) is 541 cm³/mol. The molecule has 0 fully saturated rings. The van der Waals surface area contributed by atoms with Gasteiger partial charge in [0, 0.05) is 6.42 Å². The molecule has 14 atom stereocenters. The number of aromatic hydroxyl groups is 1. The smallest absolute Gasteiger partial charge is 0.245 e. The molecule has 0 unspecified atom stereocenters. The Morgan fingerprint density at radius 2 is 0.441 bits per heavy atom. The van der Waals surface area contributed by atoms with Crippen LogP contribution in [0.1, 0.15) is 281 Å². The average Bonchev–Trinajstić information content (AvgIpc) is 0.843. The van der Waals surface area contributed by atoms with Crippen LogP contribution >= 0.6 is 0 Å². The van der Waals surface area contributed by atoms with Crippen LogP contribution in [0.25, 0.3) is 0 Å². The number of unbranched alkanes of at least 4 members (excludes halogenated alkanes) is 5. The number of nitrogens with two attached hydrogens (primary N) is 10. The van der Waals surface area contributed by atoms with Gasteiger partial charge in [0.1, 0.15) is 107 Å². The van der Waals surface area contributed by atoms with Gasteiger partial charge in [0.05, 0.1) is 13.1 Å². The Hall–Kier alpha value is -11.4. The molecule has 0 saturated carbocycles. The second-order valence-electron chi connectivity index (χ2n) is 37.6. The second kappa shape index (κ2) is 71.1. The first kappa shape index (κ1) is 130. The molecule has 0 aliphatic carbocycles. The summed E-state index contributed by atoms with van der Waals surface area (Å²) in [6.07, 6.45) is 6.93. The Balaban J connectivity index is 3.52. The van der Waals surface area contributed by atoms with E-state index < -0.39 is 220 Å². The van der Waals surface area contributed by atoms with Crippen LogP contribution < -0.4 is 153 Å². The number of amides is 19. The van der Waals surface area contributed by atoms with Crippen molar-refractivity contribution in [1.29, 1.82) is 0 Å². The van der Waals surface area contributed by atoms with Crippen LogP contribution in [0.15, 0.2) is 24.3 Å². The van der Waals surface area contributed by atoms with E-state index in [-0.39, 0.29) is 206 Å². The quantitative estimate of drug-likeness (QED) is 0.0290. The lowest BCUT2D eigenvalue weighted by molar-refractivity contribution is -0.139. The first-order chi connectivity index (χ1) is 67.8. The normalized spacial score (nSPS) is 14.4. The van der Waals surface area contributed by atoms with Crippen LogP contribution in [-0.2, 0) is 97.5 Å². The molecule has 48 nitrogen and oxygen atoms in total. The maximum Gasteiger partial charge on any atom is 0.245 e. The summed E-state index contributed by atoms with van der Waals surface area (Å²) < 4.78 is 0. The lowest BCUT2D eigenvalue weighted by Crippen LogP contribution is -2.64. The zero-order chi connectivity index (χ0) is 108. The van der Waals surface area contributed by atoms with Crippen molar-refractivity contribution in [3.63, 3.8) is 0 Å². The number of benzene rings is 1. The number of phenolic OH excluding ortho intramolecular Hbond substituents is 1. The first-order valence-corrected chi connectivity index (χ1v) is 50.6. The number of carbonyl (C=O) groups excluding carboxylic acids is 19. The minimum absolute atomic E-state index is 0.0156. The van der Waals surface area contributed by atoms with Crippen LogP contribution in [0.3, 0.4) is 0 Å². The monoisotopic (exact) mass is 2030 g/mol. The van der Waals surface area contributed by atoms with E-state index in [1.54, 1.807) is 12.1 Å². The predicted octanol–water partition coefficient (Wildman–Crippen LogP) is -5.17. The molecule has 1 aromatic carbocycles. The number of primary amides is 1. The summed E-state index contributed by atoms with van der Waals surface area (Å²) in [5, 5.41) is 57.6. The third-order valence-corrected chi connectivity index (χ3v) is 23.7. The van der Waals surface area contributed by atoms with Gasteiger partial charge in [0.2, 0.25) is 112 Å². The molecule has 0 aliphatic heterocycles. The fourth-order valence-electron chi connectivity index (χ4n) is 14.8. The largest absolute Gasteiger partial charge is 0.508 e. The topological polar surface area (TPSA) is 821 Å². The number of rotatable bonds is 78. The van der Waals surface area contributed by atoms with E-state index in [1.807, 2.05) is 34.6 Å². The Bertz CT molecular complexity index is 4140. The van der Waals surface area contributed by atoms with Crippen molar-refractivity contribution >= 4 is 112 Å². The molecular weight excluding hydrogens is 1850 g/mol. The summed E-state index contributed by atoms with van der Waals surface area (Å²) in [5.74, 6) is -15.4. The molecule has 143 heavy (non-hydrogen) atoms. The summed E-state index contributed by atoms with van der Waals surface area (Å²) in [7, 11) is 0. The Kier molecular flexibility index (Phi) is 64.5. The molecule has 19 amide bonds. The van der Waals surface area contributed by atoms with Crippen LogP contribution in [0.2, 0.25) is 0 Å². The highest BCUT2D eigenvalue weighted by atomic mass is 16.3. The highest BCUT2D eigenvalue weighted by Gasteiger charge is 2.43. The van der Waals surface area contributed by atoms with E-state index in [0.29, 0.717) is 69.8 Å². The summed E-state index contributed by atoms with van der Waals surface area (Å²) in [4.78, 5) is 267. The van der Waals surface area contributed by atoms with Crippen molar-refractivity contribution in [2.45, 2.75) is 383 Å². The fourth-order valence-corrected chi connectivity index (χ4v) is 14.8. The van der Waals surface area contributed by atoms with Crippen LogP contribution in [-0.4, -0.2) is 284 Å². The molecule has 0 spiro atoms. The molecule has 0 aliphatic rings. The number of carbonyl (C=O) groups is 19. The maximum atomic E-state index is 14.6. The zero-order valence-corrected chi connectivity index (χ0v) is 86.1. The van der Waals surface area contributed by atoms with E-state index in [0.717, 1.165) is 0 Å². The number of hydrogen-bond acceptors (Lipinski definition) is 29. The van der Waals surface area contributed by atoms with Crippen LogP contribution in [0.4, 0.5) is 0 Å². The van der Waals surface area contributed by atoms with Crippen LogP contribution in [0.5, 0.6) is 5.75 Å². The molecule has 1 rings (SSSR count). The van der Waals surface area contributed by atoms with Crippen molar-refractivity contribution < 1.29 is 96.2 Å². The van der Waals surface area contributed by atoms with E-state index in [9.17, 15) is 96.2 Å². The molecule has 814 valence electrons. The Labute approximate surface area is 841 Å². The van der Waals surface area contributed by atoms with Crippen LogP contribution in [0, 0.1) is 0 Å². The minimum atomic E-state index is -1.88. The lowest BCUT2D eigenvalue weighted by atomic mass is 9.99. The van der Waals surface area contributed by atoms with Crippen molar-refractivity contribution in [3.8, 4) is 5.75 Å². The lowest BCUT2D eigenvalue weighted by Gasteiger charge is -2.32. The van der Waals surface area contributed by atoms with E-state index in [2.05, 4.69) is 95.7 Å². The molecule has 0 radical (unpaired) electrons. The summed E-state index contributed by atoms with van der Waals surface area (Å²) in [5.41, 5.74) is 53.4. The minimum Gasteiger partial charge on any atom is -0.508 e. The number of phenols is 1. The standard InChI is InChI=1S/C95H174N28O20/c1-12-17-30-60(77(128)106-57-75(126)108-73(76(105)127)55-58-43-45-59(124)46-44-58)109-80(131)63(35-22-47-96)112-82(133)65(37-24-49-98)114-84(135)67(33-20-15-4)118-90(141)93(6,7)122-88(139)71(41-28-53-102)116-86(137)69(40-27-52-101)120-92(143)95(10,11)123-89(140)72(42-29-54-103)117-85(136)68(39-26-51-100)119-91(142)94(8,9)121-87(138)70(34-21-16-5)115-83(134)66(38-25-50-99)113-81(132)64(36-23-48-97)111-79(130)62(32-19-14-3)110-78(129)61(31-18-13-2)107-74(125)56-104/h43-46,60-73,124H,12-42,47-57,96-104H2,1-11H3,(H2,105,127)(H,106,128)(H,107,125)(H,108,126)(H,109,131)(H,110,129)(H,111,130)(H,112,133)(H,113,132)(H,114,135)(H,115,134)(H,116,137)(H,117,136)(H,118,141)(H,119,142)(H,120,143)(H,121,138)(H,122,139)(H,123,140)/t60-,61-,62-,63-,64-,65-,66-,67-,68-,69-,70-,71-,72-,73-/m0/s1. The van der Waals surface area contributed by atoms with Gasteiger partial charge in [0.15, 0.2) is 0 Å². The molecule has 0 bridgehead atoms. The van der Waals surface area contributed by atoms with E-state index in [4.69, 9.17) is 57.3 Å². The fraction of sp³-hybridized carbons (Fsp3) is 0.737. The highest BCUT2D eigenvalue weighted by molar-refractivity contribution is 6.03. The molecular formula is C95H174N28O20. The van der Waals surface area contributed by atoms with Gasteiger partial charge in [-0.1, -0.05) is 111 Å². The average molecular weight is 2030 g/mol. The number of nitrogens with one attached hydrogen (secondary N) is 18. The summed E-state index contributed by atoms with van der Waals surface area (Å²) in [6, 6.07) is -12.3. The molecule has 0 aromatic heterocycles. The first-order valence-electron chi connectivity index (χ1n) is 50.6. The van der Waals surface area contributed by atoms with Crippen molar-refractivity contribution in [2.24, 2.45) is 57.3 Å². The van der Waals surface area contributed by atoms with Gasteiger partial charge in [-0.25, -0.2) is 0 Å². The molecule has 39 N–H and O–H groups in total. The second-order valence-corrected chi connectivity index (χ2v) is 37.6. The maximum absolute atomic E-state index is 14.6. The van der Waals surface area contributed by atoms with Gasteiger partial charge in [-0.2, -0.15) is 0 Å². The molecule has 48 heteroatoms. The van der Waals surface area contributed by atoms with Gasteiger partial charge in [-0.05, 0) is 246 Å².